The Kier molecular flexibility index (Phi) is 6.42. The predicted octanol–water partition coefficient (Wildman–Crippen LogP) is 5.43. The van der Waals surface area contributed by atoms with Gasteiger partial charge in [-0.25, -0.2) is 0 Å². The SMILES string of the molecule is Cc1c(C#N)c(O)n(Cc2ccccc2)c(=O)c1N=Nc1ccccc1C(=O)c1ccccc1. The van der Waals surface area contributed by atoms with Crippen LogP contribution in [0.2, 0.25) is 0 Å². The van der Waals surface area contributed by atoms with Gasteiger partial charge < -0.3 is 5.11 Å². The normalized spacial score (nSPS) is 10.8. The highest BCUT2D eigenvalue weighted by Crippen LogP contribution is 2.29. The number of azo groups is 1. The first-order valence-electron chi connectivity index (χ1n) is 10.5. The van der Waals surface area contributed by atoms with E-state index >= 15 is 0 Å². The second kappa shape index (κ2) is 9.76. The molecule has 3 aromatic carbocycles. The summed E-state index contributed by atoms with van der Waals surface area (Å²) in [6.45, 7) is 1.59. The van der Waals surface area contributed by atoms with Crippen molar-refractivity contribution in [1.82, 2.24) is 4.57 Å². The third kappa shape index (κ3) is 4.38. The van der Waals surface area contributed by atoms with Crippen molar-refractivity contribution in [3.63, 3.8) is 0 Å². The molecular formula is C27H20N4O3. The summed E-state index contributed by atoms with van der Waals surface area (Å²) in [5.41, 5.74) is 1.39. The molecule has 0 radical (unpaired) electrons. The van der Waals surface area contributed by atoms with Crippen LogP contribution in [0.15, 0.2) is 100.0 Å². The van der Waals surface area contributed by atoms with Gasteiger partial charge in [0.25, 0.3) is 5.56 Å². The maximum absolute atomic E-state index is 13.2. The molecule has 166 valence electrons. The Hall–Kier alpha value is -4.83. The lowest BCUT2D eigenvalue weighted by molar-refractivity contribution is 0.103. The van der Waals surface area contributed by atoms with Crippen LogP contribution in [0.25, 0.3) is 0 Å². The monoisotopic (exact) mass is 448 g/mol. The Bertz CT molecular complexity index is 1480. The molecule has 0 atom stereocenters. The quantitative estimate of drug-likeness (QED) is 0.313. The van der Waals surface area contributed by atoms with Gasteiger partial charge in [-0.15, -0.1) is 10.2 Å². The zero-order valence-electron chi connectivity index (χ0n) is 18.3. The molecule has 7 nitrogen and oxygen atoms in total. The maximum atomic E-state index is 13.2. The van der Waals surface area contributed by atoms with E-state index in [1.54, 1.807) is 48.5 Å². The summed E-state index contributed by atoms with van der Waals surface area (Å²) in [7, 11) is 0. The molecule has 0 aliphatic carbocycles. The van der Waals surface area contributed by atoms with Crippen molar-refractivity contribution in [3.8, 4) is 11.9 Å². The van der Waals surface area contributed by atoms with Gasteiger partial charge in [0.15, 0.2) is 11.5 Å². The Morgan fingerprint density at radius 3 is 2.24 bits per heavy atom. The molecule has 34 heavy (non-hydrogen) atoms. The van der Waals surface area contributed by atoms with E-state index in [1.807, 2.05) is 42.5 Å². The van der Waals surface area contributed by atoms with Crippen molar-refractivity contribution < 1.29 is 9.90 Å². The molecule has 1 aromatic heterocycles. The molecule has 0 aliphatic heterocycles. The molecule has 4 aromatic rings. The van der Waals surface area contributed by atoms with Crippen LogP contribution in [0.1, 0.15) is 32.6 Å². The minimum absolute atomic E-state index is 0.0573. The van der Waals surface area contributed by atoms with Gasteiger partial charge in [-0.3, -0.25) is 14.2 Å². The van der Waals surface area contributed by atoms with Gasteiger partial charge in [0.1, 0.15) is 11.6 Å². The Morgan fingerprint density at radius 1 is 0.941 bits per heavy atom. The molecule has 0 aliphatic rings. The average Bonchev–Trinajstić information content (AvgIpc) is 2.88. The van der Waals surface area contributed by atoms with E-state index < -0.39 is 11.4 Å². The van der Waals surface area contributed by atoms with Crippen LogP contribution in [0.5, 0.6) is 5.88 Å². The number of rotatable bonds is 6. The average molecular weight is 448 g/mol. The van der Waals surface area contributed by atoms with Crippen LogP contribution >= 0.6 is 0 Å². The van der Waals surface area contributed by atoms with Gasteiger partial charge in [0.2, 0.25) is 5.88 Å². The largest absolute Gasteiger partial charge is 0.493 e. The number of pyridine rings is 1. The van der Waals surface area contributed by atoms with Gasteiger partial charge >= 0.3 is 0 Å². The van der Waals surface area contributed by atoms with Gasteiger partial charge in [-0.05, 0) is 24.6 Å². The van der Waals surface area contributed by atoms with E-state index in [4.69, 9.17) is 0 Å². The summed E-state index contributed by atoms with van der Waals surface area (Å²) in [5.74, 6) is -0.649. The Balaban J connectivity index is 1.79. The lowest BCUT2D eigenvalue weighted by Crippen LogP contribution is -2.22. The summed E-state index contributed by atoms with van der Waals surface area (Å²) in [6.07, 6.45) is 0. The van der Waals surface area contributed by atoms with E-state index in [2.05, 4.69) is 10.2 Å². The molecule has 0 unspecified atom stereocenters. The minimum Gasteiger partial charge on any atom is -0.493 e. The molecule has 0 fully saturated rings. The molecule has 0 saturated carbocycles. The fraction of sp³-hybridized carbons (Fsp3) is 0.0741. The Labute approximate surface area is 195 Å². The standard InChI is InChI=1S/C27H20N4O3/c1-18-22(16-28)26(33)31(17-19-10-4-2-5-11-19)27(34)24(18)30-29-23-15-9-8-14-21(23)25(32)20-12-6-3-7-13-20/h2-15,33H,17H2,1H3. The molecule has 0 amide bonds. The molecule has 1 N–H and O–H groups in total. The fourth-order valence-electron chi connectivity index (χ4n) is 3.57. The predicted molar refractivity (Wildman–Crippen MR) is 128 cm³/mol. The summed E-state index contributed by atoms with van der Waals surface area (Å²) >= 11 is 0. The molecule has 1 heterocycles. The summed E-state index contributed by atoms with van der Waals surface area (Å²) in [4.78, 5) is 26.2. The number of hydrogen-bond donors (Lipinski definition) is 1. The van der Waals surface area contributed by atoms with E-state index in [-0.39, 0.29) is 34.8 Å². The van der Waals surface area contributed by atoms with E-state index in [0.717, 1.165) is 10.1 Å². The first-order chi connectivity index (χ1) is 16.5. The van der Waals surface area contributed by atoms with Crippen molar-refractivity contribution in [1.29, 1.82) is 5.26 Å². The molecule has 0 spiro atoms. The lowest BCUT2D eigenvalue weighted by atomic mass is 10.0. The third-order valence-corrected chi connectivity index (χ3v) is 5.39. The number of nitriles is 1. The highest BCUT2D eigenvalue weighted by molar-refractivity contribution is 6.11. The number of nitrogens with zero attached hydrogens (tertiary/aromatic N) is 4. The van der Waals surface area contributed by atoms with Gasteiger partial charge in [0.05, 0.1) is 17.8 Å². The zero-order valence-corrected chi connectivity index (χ0v) is 18.3. The summed E-state index contributed by atoms with van der Waals surface area (Å²) < 4.78 is 1.09. The van der Waals surface area contributed by atoms with Crippen LogP contribution in [-0.2, 0) is 6.54 Å². The first-order valence-corrected chi connectivity index (χ1v) is 10.5. The number of hydrogen-bond acceptors (Lipinski definition) is 6. The zero-order chi connectivity index (χ0) is 24.1. The fourth-order valence-corrected chi connectivity index (χ4v) is 3.57. The second-order valence-electron chi connectivity index (χ2n) is 7.57. The van der Waals surface area contributed by atoms with Gasteiger partial charge in [-0.2, -0.15) is 5.26 Å². The number of carbonyl (C=O) groups is 1. The molecule has 4 rings (SSSR count). The molecule has 0 bridgehead atoms. The molecular weight excluding hydrogens is 428 g/mol. The number of ketones is 1. The van der Waals surface area contributed by atoms with Crippen molar-refractivity contribution in [2.75, 3.05) is 0 Å². The molecule has 0 saturated heterocycles. The van der Waals surface area contributed by atoms with Crippen molar-refractivity contribution in [2.24, 2.45) is 10.2 Å². The third-order valence-electron chi connectivity index (χ3n) is 5.39. The van der Waals surface area contributed by atoms with Gasteiger partial charge in [0, 0.05) is 11.1 Å². The number of aromatic hydroxyl groups is 1. The summed E-state index contributed by atoms with van der Waals surface area (Å²) in [5, 5.41) is 28.5. The lowest BCUT2D eigenvalue weighted by Gasteiger charge is -2.13. The van der Waals surface area contributed by atoms with Crippen molar-refractivity contribution in [3.05, 3.63) is 123 Å². The number of benzene rings is 3. The minimum atomic E-state index is -0.589. The summed E-state index contributed by atoms with van der Waals surface area (Å²) in [6, 6.07) is 26.5. The highest BCUT2D eigenvalue weighted by atomic mass is 16.3. The number of aromatic nitrogens is 1. The van der Waals surface area contributed by atoms with Crippen LogP contribution in [0.3, 0.4) is 0 Å². The van der Waals surface area contributed by atoms with Crippen LogP contribution in [0, 0.1) is 18.3 Å². The Morgan fingerprint density at radius 2 is 1.56 bits per heavy atom. The molecule has 7 heteroatoms. The smallest absolute Gasteiger partial charge is 0.281 e. The van der Waals surface area contributed by atoms with Gasteiger partial charge in [-0.1, -0.05) is 72.8 Å². The number of carbonyl (C=O) groups excluding carboxylic acids is 1. The van der Waals surface area contributed by atoms with E-state index in [1.165, 1.54) is 6.92 Å². The maximum Gasteiger partial charge on any atom is 0.281 e. The highest BCUT2D eigenvalue weighted by Gasteiger charge is 2.20. The topological polar surface area (TPSA) is 108 Å². The van der Waals surface area contributed by atoms with E-state index in [9.17, 15) is 20.0 Å². The van der Waals surface area contributed by atoms with Crippen molar-refractivity contribution >= 4 is 17.2 Å². The van der Waals surface area contributed by atoms with Crippen LogP contribution in [0.4, 0.5) is 11.4 Å². The van der Waals surface area contributed by atoms with Crippen LogP contribution < -0.4 is 5.56 Å². The van der Waals surface area contributed by atoms with E-state index in [0.29, 0.717) is 11.1 Å². The first kappa shape index (κ1) is 22.4. The van der Waals surface area contributed by atoms with Crippen molar-refractivity contribution in [2.45, 2.75) is 13.5 Å². The van der Waals surface area contributed by atoms with Crippen LogP contribution in [-0.4, -0.2) is 15.5 Å². The second-order valence-corrected chi connectivity index (χ2v) is 7.57.